The van der Waals surface area contributed by atoms with Gasteiger partial charge in [-0.15, -0.1) is 10.2 Å². The third-order valence-corrected chi connectivity index (χ3v) is 3.77. The third kappa shape index (κ3) is 5.15. The zero-order valence-corrected chi connectivity index (χ0v) is 15.1. The molecule has 0 unspecified atom stereocenters. The SMILES string of the molecule is O=C(N=Nc1ccc(NOC(=O)c2cccc(Cl)c2)cc1)c1cccc(O)c1. The summed E-state index contributed by atoms with van der Waals surface area (Å²) in [6.45, 7) is 0. The Hall–Kier alpha value is -3.71. The minimum absolute atomic E-state index is 0.0243. The van der Waals surface area contributed by atoms with Crippen LogP contribution in [-0.2, 0) is 4.84 Å². The number of halogens is 1. The van der Waals surface area contributed by atoms with E-state index >= 15 is 0 Å². The van der Waals surface area contributed by atoms with Crippen molar-refractivity contribution in [3.8, 4) is 5.75 Å². The number of azo groups is 1. The van der Waals surface area contributed by atoms with Gasteiger partial charge in [0.15, 0.2) is 0 Å². The molecule has 3 rings (SSSR count). The van der Waals surface area contributed by atoms with Gasteiger partial charge < -0.3 is 9.94 Å². The number of rotatable bonds is 5. The van der Waals surface area contributed by atoms with Gasteiger partial charge in [0, 0.05) is 10.6 Å². The molecule has 0 aliphatic heterocycles. The maximum atomic E-state index is 11.9. The Kier molecular flexibility index (Phi) is 5.98. The molecule has 140 valence electrons. The number of aromatic hydroxyl groups is 1. The van der Waals surface area contributed by atoms with Crippen molar-refractivity contribution >= 4 is 34.9 Å². The molecule has 0 aliphatic rings. The summed E-state index contributed by atoms with van der Waals surface area (Å²) in [4.78, 5) is 28.9. The van der Waals surface area contributed by atoms with Crippen LogP contribution in [0.2, 0.25) is 5.02 Å². The van der Waals surface area contributed by atoms with Gasteiger partial charge in [0.05, 0.1) is 16.9 Å². The maximum absolute atomic E-state index is 11.9. The normalized spacial score (nSPS) is 10.6. The summed E-state index contributed by atoms with van der Waals surface area (Å²) in [6.07, 6.45) is 0. The highest BCUT2D eigenvalue weighted by Crippen LogP contribution is 2.19. The second kappa shape index (κ2) is 8.79. The van der Waals surface area contributed by atoms with Crippen LogP contribution in [0.3, 0.4) is 0 Å². The third-order valence-electron chi connectivity index (χ3n) is 3.54. The zero-order valence-electron chi connectivity index (χ0n) is 14.4. The Balaban J connectivity index is 1.57. The van der Waals surface area contributed by atoms with E-state index < -0.39 is 11.9 Å². The number of phenolic OH excluding ortho intramolecular Hbond substituents is 1. The fourth-order valence-corrected chi connectivity index (χ4v) is 2.37. The molecule has 0 spiro atoms. The number of anilines is 1. The Morgan fingerprint density at radius 2 is 1.64 bits per heavy atom. The molecule has 0 radical (unpaired) electrons. The van der Waals surface area contributed by atoms with Gasteiger partial charge in [-0.25, -0.2) is 10.3 Å². The molecule has 0 aromatic heterocycles. The highest BCUT2D eigenvalue weighted by molar-refractivity contribution is 6.30. The monoisotopic (exact) mass is 395 g/mol. The summed E-state index contributed by atoms with van der Waals surface area (Å²) in [7, 11) is 0. The lowest BCUT2D eigenvalue weighted by Crippen LogP contribution is -2.10. The first-order chi connectivity index (χ1) is 13.5. The van der Waals surface area contributed by atoms with Gasteiger partial charge in [0.1, 0.15) is 5.75 Å². The number of phenols is 1. The van der Waals surface area contributed by atoms with Crippen LogP contribution < -0.4 is 5.48 Å². The molecule has 0 aliphatic carbocycles. The Bertz CT molecular complexity index is 1040. The molecule has 0 heterocycles. The van der Waals surface area contributed by atoms with Crippen LogP contribution >= 0.6 is 11.6 Å². The summed E-state index contributed by atoms with van der Waals surface area (Å²) in [5, 5.41) is 17.3. The van der Waals surface area contributed by atoms with E-state index in [1.807, 2.05) is 0 Å². The number of benzene rings is 3. The predicted molar refractivity (Wildman–Crippen MR) is 104 cm³/mol. The molecule has 2 N–H and O–H groups in total. The number of hydrogen-bond acceptors (Lipinski definition) is 6. The molecule has 0 saturated carbocycles. The molecule has 0 saturated heterocycles. The average molecular weight is 396 g/mol. The van der Waals surface area contributed by atoms with Crippen molar-refractivity contribution in [3.05, 3.63) is 88.9 Å². The van der Waals surface area contributed by atoms with Gasteiger partial charge >= 0.3 is 5.97 Å². The van der Waals surface area contributed by atoms with Gasteiger partial charge in [0.2, 0.25) is 0 Å². The summed E-state index contributed by atoms with van der Waals surface area (Å²) < 4.78 is 0. The van der Waals surface area contributed by atoms with Crippen LogP contribution in [0.25, 0.3) is 0 Å². The lowest BCUT2D eigenvalue weighted by atomic mass is 10.2. The van der Waals surface area contributed by atoms with Crippen molar-refractivity contribution in [2.75, 3.05) is 5.48 Å². The molecule has 3 aromatic carbocycles. The predicted octanol–water partition coefficient (Wildman–Crippen LogP) is 5.15. The Morgan fingerprint density at radius 1 is 0.929 bits per heavy atom. The molecule has 7 nitrogen and oxygen atoms in total. The van der Waals surface area contributed by atoms with E-state index in [1.54, 1.807) is 48.5 Å². The first-order valence-electron chi connectivity index (χ1n) is 8.09. The molecule has 0 atom stereocenters. The van der Waals surface area contributed by atoms with E-state index in [2.05, 4.69) is 15.7 Å². The quantitative estimate of drug-likeness (QED) is 0.459. The number of carbonyl (C=O) groups excluding carboxylic acids is 2. The van der Waals surface area contributed by atoms with Gasteiger partial charge in [0.25, 0.3) is 5.91 Å². The van der Waals surface area contributed by atoms with Crippen molar-refractivity contribution in [1.29, 1.82) is 0 Å². The minimum Gasteiger partial charge on any atom is -0.508 e. The van der Waals surface area contributed by atoms with Crippen molar-refractivity contribution in [3.63, 3.8) is 0 Å². The van der Waals surface area contributed by atoms with Crippen LogP contribution in [0.1, 0.15) is 20.7 Å². The van der Waals surface area contributed by atoms with Gasteiger partial charge in [-0.3, -0.25) is 4.79 Å². The highest BCUT2D eigenvalue weighted by atomic mass is 35.5. The van der Waals surface area contributed by atoms with Gasteiger partial charge in [-0.1, -0.05) is 23.7 Å². The minimum atomic E-state index is -0.581. The fraction of sp³-hybridized carbons (Fsp3) is 0. The molecule has 28 heavy (non-hydrogen) atoms. The Morgan fingerprint density at radius 3 is 2.36 bits per heavy atom. The standard InChI is InChI=1S/C20H14ClN3O4/c21-15-5-1-4-14(11-15)20(27)28-24-17-9-7-16(8-10-17)22-23-19(26)13-3-2-6-18(25)12-13/h1-12,24-25H. The topological polar surface area (TPSA) is 100 Å². The van der Waals surface area contributed by atoms with Crippen molar-refractivity contribution in [2.45, 2.75) is 0 Å². The number of nitrogens with zero attached hydrogens (tertiary/aromatic N) is 2. The zero-order chi connectivity index (χ0) is 19.9. The molecular formula is C20H14ClN3O4. The van der Waals surface area contributed by atoms with Crippen molar-refractivity contribution in [2.24, 2.45) is 10.2 Å². The first-order valence-corrected chi connectivity index (χ1v) is 8.47. The molecular weight excluding hydrogens is 382 g/mol. The molecule has 0 bridgehead atoms. The fourth-order valence-electron chi connectivity index (χ4n) is 2.18. The van der Waals surface area contributed by atoms with E-state index in [-0.39, 0.29) is 11.3 Å². The number of amides is 1. The van der Waals surface area contributed by atoms with Crippen LogP contribution in [-0.4, -0.2) is 17.0 Å². The molecule has 1 amide bonds. The Labute approximate surface area is 165 Å². The lowest BCUT2D eigenvalue weighted by Gasteiger charge is -2.07. The van der Waals surface area contributed by atoms with Crippen molar-refractivity contribution in [1.82, 2.24) is 0 Å². The van der Waals surface area contributed by atoms with Crippen molar-refractivity contribution < 1.29 is 19.5 Å². The van der Waals surface area contributed by atoms with E-state index in [1.165, 1.54) is 24.3 Å². The summed E-state index contributed by atoms with van der Waals surface area (Å²) in [5.74, 6) is -1.18. The largest absolute Gasteiger partial charge is 0.508 e. The second-order valence-corrected chi connectivity index (χ2v) is 6.04. The van der Waals surface area contributed by atoms with Crippen LogP contribution in [0.5, 0.6) is 5.75 Å². The summed E-state index contributed by atoms with van der Waals surface area (Å²) >= 11 is 5.84. The molecule has 0 fully saturated rings. The van der Waals surface area contributed by atoms with E-state index in [4.69, 9.17) is 16.4 Å². The first kappa shape index (κ1) is 19.1. The molecule has 8 heteroatoms. The second-order valence-electron chi connectivity index (χ2n) is 5.60. The number of hydrogen-bond donors (Lipinski definition) is 2. The van der Waals surface area contributed by atoms with Crippen LogP contribution in [0.15, 0.2) is 83.0 Å². The highest BCUT2D eigenvalue weighted by Gasteiger charge is 2.08. The average Bonchev–Trinajstić information content (AvgIpc) is 2.71. The van der Waals surface area contributed by atoms with Gasteiger partial charge in [-0.2, -0.15) is 0 Å². The van der Waals surface area contributed by atoms with E-state index in [0.29, 0.717) is 22.0 Å². The van der Waals surface area contributed by atoms with Crippen LogP contribution in [0, 0.1) is 0 Å². The number of nitrogens with one attached hydrogen (secondary N) is 1. The lowest BCUT2D eigenvalue weighted by molar-refractivity contribution is 0.0596. The van der Waals surface area contributed by atoms with Gasteiger partial charge in [-0.05, 0) is 60.7 Å². The molecule has 3 aromatic rings. The van der Waals surface area contributed by atoms with E-state index in [9.17, 15) is 14.7 Å². The maximum Gasteiger partial charge on any atom is 0.362 e. The van der Waals surface area contributed by atoms with Crippen LogP contribution in [0.4, 0.5) is 11.4 Å². The summed E-state index contributed by atoms with van der Waals surface area (Å²) in [6, 6.07) is 18.6. The van der Waals surface area contributed by atoms with E-state index in [0.717, 1.165) is 0 Å². The smallest absolute Gasteiger partial charge is 0.362 e. The summed E-state index contributed by atoms with van der Waals surface area (Å²) in [5.41, 5.74) is 4.01. The number of carbonyl (C=O) groups is 2.